The average molecular weight is 459 g/mol. The van der Waals surface area contributed by atoms with Crippen molar-refractivity contribution in [3.8, 4) is 11.5 Å². The van der Waals surface area contributed by atoms with Crippen LogP contribution in [0, 0.1) is 13.8 Å². The molecular weight excluding hydrogens is 432 g/mol. The van der Waals surface area contributed by atoms with E-state index in [4.69, 9.17) is 9.47 Å². The minimum Gasteiger partial charge on any atom is -0.497 e. The molecule has 1 atom stereocenters. The highest BCUT2D eigenvalue weighted by Gasteiger charge is 2.16. The van der Waals surface area contributed by atoms with E-state index in [2.05, 4.69) is 40.7 Å². The van der Waals surface area contributed by atoms with Gasteiger partial charge in [-0.1, -0.05) is 35.2 Å². The molecule has 7 nitrogen and oxygen atoms in total. The van der Waals surface area contributed by atoms with Gasteiger partial charge in [0.15, 0.2) is 4.34 Å². The highest BCUT2D eigenvalue weighted by molar-refractivity contribution is 8.01. The van der Waals surface area contributed by atoms with Crippen molar-refractivity contribution in [2.75, 3.05) is 25.3 Å². The molecule has 1 heterocycles. The summed E-state index contributed by atoms with van der Waals surface area (Å²) in [5.74, 6) is 1.56. The van der Waals surface area contributed by atoms with Crippen LogP contribution in [-0.2, 0) is 4.79 Å². The lowest BCUT2D eigenvalue weighted by Gasteiger charge is -2.18. The lowest BCUT2D eigenvalue weighted by atomic mass is 10.1. The Kier molecular flexibility index (Phi) is 7.75. The first kappa shape index (κ1) is 22.9. The topological polar surface area (TPSA) is 85.4 Å². The Hall–Kier alpha value is -2.78. The Morgan fingerprint density at radius 3 is 2.71 bits per heavy atom. The molecule has 2 N–H and O–H groups in total. The van der Waals surface area contributed by atoms with Crippen molar-refractivity contribution in [2.24, 2.45) is 0 Å². The second-order valence-corrected chi connectivity index (χ2v) is 9.13. The number of ether oxygens (including phenoxy) is 2. The molecule has 31 heavy (non-hydrogen) atoms. The molecule has 0 radical (unpaired) electrons. The number of nitrogens with one attached hydrogen (secondary N) is 2. The molecule has 0 aliphatic rings. The molecule has 0 fully saturated rings. The van der Waals surface area contributed by atoms with E-state index in [0.29, 0.717) is 16.6 Å². The van der Waals surface area contributed by atoms with Crippen LogP contribution in [0.25, 0.3) is 0 Å². The van der Waals surface area contributed by atoms with E-state index in [-0.39, 0.29) is 17.7 Å². The van der Waals surface area contributed by atoms with Crippen molar-refractivity contribution >= 4 is 39.8 Å². The van der Waals surface area contributed by atoms with Crippen LogP contribution >= 0.6 is 23.1 Å². The van der Waals surface area contributed by atoms with Gasteiger partial charge in [-0.3, -0.25) is 4.79 Å². The molecule has 1 unspecified atom stereocenters. The molecule has 0 saturated heterocycles. The zero-order chi connectivity index (χ0) is 22.4. The van der Waals surface area contributed by atoms with E-state index in [0.717, 1.165) is 15.6 Å². The van der Waals surface area contributed by atoms with Gasteiger partial charge in [0.2, 0.25) is 11.0 Å². The van der Waals surface area contributed by atoms with E-state index < -0.39 is 0 Å². The van der Waals surface area contributed by atoms with Gasteiger partial charge < -0.3 is 20.1 Å². The number of carbonyl (C=O) groups excluding carboxylic acids is 1. The average Bonchev–Trinajstić information content (AvgIpc) is 3.22. The first-order chi connectivity index (χ1) is 14.9. The summed E-state index contributed by atoms with van der Waals surface area (Å²) in [5.41, 5.74) is 4.25. The minimum atomic E-state index is -0.228. The van der Waals surface area contributed by atoms with Gasteiger partial charge in [-0.25, -0.2) is 0 Å². The van der Waals surface area contributed by atoms with Gasteiger partial charge in [0, 0.05) is 11.3 Å². The number of amides is 1. The maximum Gasteiger partial charge on any atom is 0.230 e. The zero-order valence-corrected chi connectivity index (χ0v) is 19.8. The monoisotopic (exact) mass is 458 g/mol. The Labute approximate surface area is 190 Å². The smallest absolute Gasteiger partial charge is 0.230 e. The van der Waals surface area contributed by atoms with Crippen LogP contribution in [0.4, 0.5) is 10.8 Å². The Bertz CT molecular complexity index is 1050. The van der Waals surface area contributed by atoms with Crippen molar-refractivity contribution in [3.63, 3.8) is 0 Å². The zero-order valence-electron chi connectivity index (χ0n) is 18.2. The Balaban J connectivity index is 1.56. The van der Waals surface area contributed by atoms with Gasteiger partial charge in [-0.05, 0) is 56.2 Å². The molecule has 3 rings (SSSR count). The summed E-state index contributed by atoms with van der Waals surface area (Å²) >= 11 is 2.78. The second-order valence-electron chi connectivity index (χ2n) is 6.93. The molecule has 0 saturated carbocycles. The van der Waals surface area contributed by atoms with Gasteiger partial charge >= 0.3 is 0 Å². The molecule has 1 aromatic heterocycles. The number of aryl methyl sites for hydroxylation is 1. The predicted octanol–water partition coefficient (Wildman–Crippen LogP) is 4.89. The number of hydrogen-bond donors (Lipinski definition) is 2. The molecule has 1 amide bonds. The number of rotatable bonds is 9. The highest BCUT2D eigenvalue weighted by atomic mass is 32.2. The number of benzene rings is 2. The highest BCUT2D eigenvalue weighted by Crippen LogP contribution is 2.31. The number of anilines is 2. The molecule has 0 aliphatic carbocycles. The molecule has 0 aliphatic heterocycles. The van der Waals surface area contributed by atoms with E-state index in [1.165, 1.54) is 34.2 Å². The maximum atomic E-state index is 12.5. The van der Waals surface area contributed by atoms with Crippen molar-refractivity contribution in [2.45, 2.75) is 31.2 Å². The number of aromatic nitrogens is 2. The van der Waals surface area contributed by atoms with E-state index in [1.807, 2.05) is 37.3 Å². The summed E-state index contributed by atoms with van der Waals surface area (Å²) in [6.07, 6.45) is 0. The molecule has 3 aromatic rings. The lowest BCUT2D eigenvalue weighted by Crippen LogP contribution is -2.28. The summed E-state index contributed by atoms with van der Waals surface area (Å²) in [5, 5.41) is 15.4. The van der Waals surface area contributed by atoms with Crippen LogP contribution in [0.3, 0.4) is 0 Å². The van der Waals surface area contributed by atoms with E-state index in [9.17, 15) is 4.79 Å². The van der Waals surface area contributed by atoms with E-state index in [1.54, 1.807) is 14.2 Å². The summed E-state index contributed by atoms with van der Waals surface area (Å²) in [4.78, 5) is 12.5. The summed E-state index contributed by atoms with van der Waals surface area (Å²) < 4.78 is 11.4. The van der Waals surface area contributed by atoms with Crippen LogP contribution in [0.15, 0.2) is 40.7 Å². The first-order valence-corrected chi connectivity index (χ1v) is 11.5. The number of nitrogens with zero attached hydrogens (tertiary/aromatic N) is 2. The van der Waals surface area contributed by atoms with Crippen LogP contribution in [0.2, 0.25) is 0 Å². The lowest BCUT2D eigenvalue weighted by molar-refractivity contribution is -0.119. The SMILES string of the molecule is COc1ccc(OC)c(C(C)NC(=O)CSc2nnc(Nc3cccc(C)c3C)s2)c1. The fourth-order valence-electron chi connectivity index (χ4n) is 2.99. The Morgan fingerprint density at radius 1 is 1.16 bits per heavy atom. The predicted molar refractivity (Wildman–Crippen MR) is 126 cm³/mol. The summed E-state index contributed by atoms with van der Waals surface area (Å²) in [6.45, 7) is 6.05. The molecule has 9 heteroatoms. The maximum absolute atomic E-state index is 12.5. The van der Waals surface area contributed by atoms with Crippen LogP contribution in [0.5, 0.6) is 11.5 Å². The molecule has 164 valence electrons. The van der Waals surface area contributed by atoms with Crippen LogP contribution in [0.1, 0.15) is 29.7 Å². The number of hydrogen-bond acceptors (Lipinski definition) is 8. The van der Waals surface area contributed by atoms with Crippen molar-refractivity contribution in [1.82, 2.24) is 15.5 Å². The molecular formula is C22H26N4O3S2. The fraction of sp³-hybridized carbons (Fsp3) is 0.318. The van der Waals surface area contributed by atoms with Gasteiger partial charge in [-0.15, -0.1) is 10.2 Å². The first-order valence-electron chi connectivity index (χ1n) is 9.72. The van der Waals surface area contributed by atoms with Crippen molar-refractivity contribution < 1.29 is 14.3 Å². The van der Waals surface area contributed by atoms with Crippen molar-refractivity contribution in [1.29, 1.82) is 0 Å². The number of thioether (sulfide) groups is 1. The third kappa shape index (κ3) is 5.89. The summed E-state index contributed by atoms with van der Waals surface area (Å²) in [7, 11) is 3.21. The molecule has 2 aromatic carbocycles. The van der Waals surface area contributed by atoms with Gasteiger partial charge in [0.1, 0.15) is 11.5 Å². The summed E-state index contributed by atoms with van der Waals surface area (Å²) in [6, 6.07) is 11.4. The number of carbonyl (C=O) groups is 1. The van der Waals surface area contributed by atoms with E-state index >= 15 is 0 Å². The second kappa shape index (κ2) is 10.5. The third-order valence-electron chi connectivity index (χ3n) is 4.86. The van der Waals surface area contributed by atoms with Gasteiger partial charge in [0.25, 0.3) is 0 Å². The van der Waals surface area contributed by atoms with Crippen LogP contribution in [-0.4, -0.2) is 36.1 Å². The molecule has 0 bridgehead atoms. The normalized spacial score (nSPS) is 11.6. The van der Waals surface area contributed by atoms with Crippen LogP contribution < -0.4 is 20.1 Å². The third-order valence-corrected chi connectivity index (χ3v) is 6.83. The Morgan fingerprint density at radius 2 is 1.97 bits per heavy atom. The number of methoxy groups -OCH3 is 2. The van der Waals surface area contributed by atoms with Gasteiger partial charge in [0.05, 0.1) is 26.0 Å². The largest absolute Gasteiger partial charge is 0.497 e. The molecule has 0 spiro atoms. The fourth-order valence-corrected chi connectivity index (χ4v) is 4.56. The minimum absolute atomic E-state index is 0.0957. The van der Waals surface area contributed by atoms with Gasteiger partial charge in [-0.2, -0.15) is 0 Å². The van der Waals surface area contributed by atoms with Crippen molar-refractivity contribution in [3.05, 3.63) is 53.1 Å². The standard InChI is InChI=1S/C22H26N4O3S2/c1-13-7-6-8-18(14(13)2)24-21-25-26-22(31-21)30-12-20(27)23-15(3)17-11-16(28-4)9-10-19(17)29-5/h6-11,15H,12H2,1-5H3,(H,23,27)(H,24,25). The quantitative estimate of drug-likeness (QED) is 0.442.